The van der Waals surface area contributed by atoms with E-state index in [4.69, 9.17) is 9.47 Å². The van der Waals surface area contributed by atoms with E-state index >= 15 is 0 Å². The Bertz CT molecular complexity index is 395. The summed E-state index contributed by atoms with van der Waals surface area (Å²) in [5.74, 6) is 0.986. The van der Waals surface area contributed by atoms with E-state index in [0.717, 1.165) is 5.75 Å². The van der Waals surface area contributed by atoms with Crippen LogP contribution in [0.1, 0.15) is 31.1 Å². The zero-order chi connectivity index (χ0) is 9.92. The van der Waals surface area contributed by atoms with Gasteiger partial charge in [0, 0.05) is 5.56 Å². The fourth-order valence-electron chi connectivity index (χ4n) is 2.20. The lowest BCUT2D eigenvalue weighted by molar-refractivity contribution is 0.0725. The van der Waals surface area contributed by atoms with Crippen molar-refractivity contribution in [1.82, 2.24) is 0 Å². The van der Waals surface area contributed by atoms with Crippen LogP contribution in [0.4, 0.5) is 0 Å². The van der Waals surface area contributed by atoms with E-state index in [0.29, 0.717) is 0 Å². The highest BCUT2D eigenvalue weighted by molar-refractivity contribution is 5.44. The normalized spacial score (nSPS) is 31.4. The molecule has 0 aromatic heterocycles. The molecule has 2 nitrogen and oxygen atoms in total. The molecular weight excluding hydrogens is 176 g/mol. The summed E-state index contributed by atoms with van der Waals surface area (Å²) in [7, 11) is 0. The standard InChI is InChI=1S/C12H14O2/c1-7-4-5-9-8(6-7)10-11(13-10)12(2,3)14-9/h4-6,10-11H,1-3H3/t10?,11-/m1/s1. The largest absolute Gasteiger partial charge is 0.485 e. The van der Waals surface area contributed by atoms with Gasteiger partial charge < -0.3 is 9.47 Å². The summed E-state index contributed by atoms with van der Waals surface area (Å²) in [4.78, 5) is 0. The quantitative estimate of drug-likeness (QED) is 0.586. The van der Waals surface area contributed by atoms with Crippen molar-refractivity contribution in [1.29, 1.82) is 0 Å². The molecule has 0 amide bonds. The number of ether oxygens (including phenoxy) is 2. The SMILES string of the molecule is Cc1ccc2c(c1)C1O[C@H]1C(C)(C)O2. The van der Waals surface area contributed by atoms with Gasteiger partial charge in [0.1, 0.15) is 23.6 Å². The van der Waals surface area contributed by atoms with Crippen LogP contribution in [-0.2, 0) is 4.74 Å². The summed E-state index contributed by atoms with van der Waals surface area (Å²) in [6, 6.07) is 6.29. The summed E-state index contributed by atoms with van der Waals surface area (Å²) < 4.78 is 11.6. The minimum absolute atomic E-state index is 0.174. The van der Waals surface area contributed by atoms with Crippen LogP contribution in [0.3, 0.4) is 0 Å². The second-order valence-electron chi connectivity index (χ2n) is 4.72. The fraction of sp³-hybridized carbons (Fsp3) is 0.500. The van der Waals surface area contributed by atoms with E-state index < -0.39 is 0 Å². The number of aryl methyl sites for hydroxylation is 1. The number of hydrogen-bond donors (Lipinski definition) is 0. The van der Waals surface area contributed by atoms with Crippen molar-refractivity contribution < 1.29 is 9.47 Å². The van der Waals surface area contributed by atoms with Crippen molar-refractivity contribution in [2.45, 2.75) is 38.6 Å². The zero-order valence-electron chi connectivity index (χ0n) is 8.70. The van der Waals surface area contributed by atoms with Crippen molar-refractivity contribution in [2.24, 2.45) is 0 Å². The lowest BCUT2D eigenvalue weighted by Crippen LogP contribution is -2.37. The molecule has 2 atom stereocenters. The molecule has 74 valence electrons. The number of benzene rings is 1. The van der Waals surface area contributed by atoms with Gasteiger partial charge in [-0.3, -0.25) is 0 Å². The predicted octanol–water partition coefficient (Wildman–Crippen LogP) is 2.61. The van der Waals surface area contributed by atoms with E-state index in [9.17, 15) is 0 Å². The van der Waals surface area contributed by atoms with E-state index in [1.807, 2.05) is 6.07 Å². The highest BCUT2D eigenvalue weighted by Crippen LogP contribution is 2.53. The molecule has 1 unspecified atom stereocenters. The third-order valence-electron chi connectivity index (χ3n) is 3.02. The molecule has 0 saturated carbocycles. The first kappa shape index (κ1) is 8.30. The number of rotatable bonds is 0. The van der Waals surface area contributed by atoms with Gasteiger partial charge in [-0.15, -0.1) is 0 Å². The van der Waals surface area contributed by atoms with Crippen LogP contribution < -0.4 is 4.74 Å². The highest BCUT2D eigenvalue weighted by atomic mass is 16.6. The molecule has 1 saturated heterocycles. The van der Waals surface area contributed by atoms with Gasteiger partial charge in [-0.05, 0) is 32.9 Å². The Morgan fingerprint density at radius 2 is 2.07 bits per heavy atom. The lowest BCUT2D eigenvalue weighted by Gasteiger charge is -2.29. The summed E-state index contributed by atoms with van der Waals surface area (Å²) in [5.41, 5.74) is 2.31. The number of fused-ring (bicyclic) bond motifs is 3. The van der Waals surface area contributed by atoms with Crippen LogP contribution in [0.25, 0.3) is 0 Å². The topological polar surface area (TPSA) is 21.8 Å². The minimum atomic E-state index is -0.174. The van der Waals surface area contributed by atoms with Crippen molar-refractivity contribution in [2.75, 3.05) is 0 Å². The number of epoxide rings is 1. The monoisotopic (exact) mass is 190 g/mol. The Balaban J connectivity index is 2.11. The molecule has 2 heterocycles. The van der Waals surface area contributed by atoms with Gasteiger partial charge in [-0.25, -0.2) is 0 Å². The first-order valence-electron chi connectivity index (χ1n) is 5.03. The molecule has 0 radical (unpaired) electrons. The molecule has 1 aromatic rings. The average molecular weight is 190 g/mol. The first-order chi connectivity index (χ1) is 6.58. The Hall–Kier alpha value is -1.02. The van der Waals surface area contributed by atoms with Crippen LogP contribution >= 0.6 is 0 Å². The van der Waals surface area contributed by atoms with Crippen LogP contribution in [0.5, 0.6) is 5.75 Å². The Morgan fingerprint density at radius 1 is 1.29 bits per heavy atom. The van der Waals surface area contributed by atoms with E-state index in [-0.39, 0.29) is 17.8 Å². The van der Waals surface area contributed by atoms with Crippen molar-refractivity contribution in [3.63, 3.8) is 0 Å². The van der Waals surface area contributed by atoms with Gasteiger partial charge in [-0.1, -0.05) is 11.6 Å². The maximum Gasteiger partial charge on any atom is 0.132 e. The molecule has 1 aromatic carbocycles. The third kappa shape index (κ3) is 1.01. The molecule has 2 aliphatic rings. The smallest absolute Gasteiger partial charge is 0.132 e. The maximum atomic E-state index is 5.90. The van der Waals surface area contributed by atoms with E-state index in [2.05, 4.69) is 32.9 Å². The van der Waals surface area contributed by atoms with Gasteiger partial charge in [0.05, 0.1) is 0 Å². The first-order valence-corrected chi connectivity index (χ1v) is 5.03. The van der Waals surface area contributed by atoms with Crippen molar-refractivity contribution in [3.05, 3.63) is 29.3 Å². The molecule has 3 rings (SSSR count). The molecule has 0 aliphatic carbocycles. The molecular formula is C12H14O2. The van der Waals surface area contributed by atoms with Crippen LogP contribution in [0.2, 0.25) is 0 Å². The van der Waals surface area contributed by atoms with E-state index in [1.54, 1.807) is 0 Å². The Morgan fingerprint density at radius 3 is 2.86 bits per heavy atom. The van der Waals surface area contributed by atoms with Gasteiger partial charge in [0.15, 0.2) is 0 Å². The number of hydrogen-bond acceptors (Lipinski definition) is 2. The van der Waals surface area contributed by atoms with E-state index in [1.165, 1.54) is 11.1 Å². The second kappa shape index (κ2) is 2.31. The van der Waals surface area contributed by atoms with Crippen molar-refractivity contribution in [3.8, 4) is 5.75 Å². The zero-order valence-corrected chi connectivity index (χ0v) is 8.70. The molecule has 14 heavy (non-hydrogen) atoms. The van der Waals surface area contributed by atoms with Gasteiger partial charge in [-0.2, -0.15) is 0 Å². The van der Waals surface area contributed by atoms with Crippen molar-refractivity contribution >= 4 is 0 Å². The summed E-state index contributed by atoms with van der Waals surface area (Å²) in [5, 5.41) is 0. The predicted molar refractivity (Wildman–Crippen MR) is 53.5 cm³/mol. The second-order valence-corrected chi connectivity index (χ2v) is 4.72. The Labute approximate surface area is 83.8 Å². The third-order valence-corrected chi connectivity index (χ3v) is 3.02. The lowest BCUT2D eigenvalue weighted by atomic mass is 9.93. The average Bonchev–Trinajstić information content (AvgIpc) is 2.86. The van der Waals surface area contributed by atoms with Crippen LogP contribution in [0.15, 0.2) is 18.2 Å². The molecule has 0 bridgehead atoms. The van der Waals surface area contributed by atoms with Crippen LogP contribution in [0, 0.1) is 6.92 Å². The summed E-state index contributed by atoms with van der Waals surface area (Å²) in [6.45, 7) is 6.26. The maximum absolute atomic E-state index is 5.90. The molecule has 2 aliphatic heterocycles. The molecule has 2 heteroatoms. The summed E-state index contributed by atoms with van der Waals surface area (Å²) in [6.07, 6.45) is 0.519. The molecule has 0 spiro atoms. The van der Waals surface area contributed by atoms with Gasteiger partial charge >= 0.3 is 0 Å². The minimum Gasteiger partial charge on any atom is -0.485 e. The summed E-state index contributed by atoms with van der Waals surface area (Å²) >= 11 is 0. The fourth-order valence-corrected chi connectivity index (χ4v) is 2.20. The highest BCUT2D eigenvalue weighted by Gasteiger charge is 2.56. The van der Waals surface area contributed by atoms with Gasteiger partial charge in [0.25, 0.3) is 0 Å². The van der Waals surface area contributed by atoms with Gasteiger partial charge in [0.2, 0.25) is 0 Å². The molecule has 0 N–H and O–H groups in total. The Kier molecular flexibility index (Phi) is 1.37. The van der Waals surface area contributed by atoms with Crippen LogP contribution in [-0.4, -0.2) is 11.7 Å². The molecule has 1 fully saturated rings.